The fourth-order valence-corrected chi connectivity index (χ4v) is 1.62. The van der Waals surface area contributed by atoms with E-state index in [1.807, 2.05) is 24.3 Å². The Morgan fingerprint density at radius 3 is 3.00 bits per heavy atom. The van der Waals surface area contributed by atoms with Crippen LogP contribution in [-0.2, 0) is 6.42 Å². The molecule has 1 aliphatic heterocycles. The van der Waals surface area contributed by atoms with Gasteiger partial charge in [-0.2, -0.15) is 5.10 Å². The molecule has 1 aromatic rings. The molecule has 1 atom stereocenters. The van der Waals surface area contributed by atoms with Gasteiger partial charge in [-0.15, -0.1) is 0 Å². The van der Waals surface area contributed by atoms with Gasteiger partial charge in [-0.3, -0.25) is 0 Å². The monoisotopic (exact) mass is 191 g/mol. The lowest BCUT2D eigenvalue weighted by molar-refractivity contribution is 0.258. The lowest BCUT2D eigenvalue weighted by Gasteiger charge is -2.24. The Balaban J connectivity index is 2.21. The fraction of sp³-hybridized carbons (Fsp3) is 0.300. The van der Waals surface area contributed by atoms with Crippen molar-refractivity contribution in [3.8, 4) is 5.75 Å². The van der Waals surface area contributed by atoms with Crippen LogP contribution in [0.25, 0.3) is 0 Å². The van der Waals surface area contributed by atoms with E-state index < -0.39 is 0 Å². The van der Waals surface area contributed by atoms with E-state index in [0.717, 1.165) is 17.7 Å². The summed E-state index contributed by atoms with van der Waals surface area (Å²) in [4.78, 5) is 0. The molecule has 1 heterocycles. The first-order valence-electron chi connectivity index (χ1n) is 4.55. The Morgan fingerprint density at radius 2 is 2.21 bits per heavy atom. The molecule has 4 nitrogen and oxygen atoms in total. The first-order valence-corrected chi connectivity index (χ1v) is 4.55. The van der Waals surface area contributed by atoms with E-state index in [4.69, 9.17) is 16.3 Å². The van der Waals surface area contributed by atoms with Crippen LogP contribution in [0.4, 0.5) is 0 Å². The number of rotatable bonds is 1. The number of benzene rings is 1. The molecule has 4 heteroatoms. The second-order valence-electron chi connectivity index (χ2n) is 3.37. The van der Waals surface area contributed by atoms with Crippen molar-refractivity contribution in [1.82, 2.24) is 0 Å². The molecule has 0 saturated heterocycles. The third-order valence-corrected chi connectivity index (χ3v) is 2.45. The first-order chi connectivity index (χ1) is 6.81. The fourth-order valence-electron chi connectivity index (χ4n) is 1.62. The van der Waals surface area contributed by atoms with Gasteiger partial charge >= 0.3 is 0 Å². The molecule has 2 rings (SSSR count). The smallest absolute Gasteiger partial charge is 0.126 e. The van der Waals surface area contributed by atoms with Gasteiger partial charge in [0, 0.05) is 0 Å². The quantitative estimate of drug-likeness (QED) is 0.293. The van der Waals surface area contributed by atoms with Crippen molar-refractivity contribution in [3.63, 3.8) is 0 Å². The predicted octanol–water partition coefficient (Wildman–Crippen LogP) is 0.469. The summed E-state index contributed by atoms with van der Waals surface area (Å²) < 4.78 is 5.54. The molecule has 0 aromatic heterocycles. The number of fused-ring (bicyclic) bond motifs is 1. The molecular formula is C10H13N3O. The van der Waals surface area contributed by atoms with E-state index in [9.17, 15) is 0 Å². The van der Waals surface area contributed by atoms with Crippen LogP contribution in [0, 0.1) is 5.92 Å². The van der Waals surface area contributed by atoms with E-state index in [2.05, 4.69) is 5.10 Å². The highest BCUT2D eigenvalue weighted by Gasteiger charge is 2.22. The average Bonchev–Trinajstić information content (AvgIpc) is 2.27. The second kappa shape index (κ2) is 3.57. The summed E-state index contributed by atoms with van der Waals surface area (Å²) >= 11 is 0. The molecule has 4 N–H and O–H groups in total. The average molecular weight is 191 g/mol. The molecule has 0 saturated carbocycles. The van der Waals surface area contributed by atoms with Crippen molar-refractivity contribution >= 4 is 5.84 Å². The van der Waals surface area contributed by atoms with Crippen LogP contribution in [0.15, 0.2) is 29.4 Å². The highest BCUT2D eigenvalue weighted by atomic mass is 16.5. The lowest BCUT2D eigenvalue weighted by atomic mass is 9.96. The normalized spacial score (nSPS) is 21.1. The van der Waals surface area contributed by atoms with Gasteiger partial charge in [0.2, 0.25) is 0 Å². The number of hydrazone groups is 1. The molecule has 0 aliphatic carbocycles. The van der Waals surface area contributed by atoms with Crippen molar-refractivity contribution in [3.05, 3.63) is 29.8 Å². The Hall–Kier alpha value is -1.71. The van der Waals surface area contributed by atoms with Gasteiger partial charge < -0.3 is 16.3 Å². The molecule has 0 radical (unpaired) electrons. The third-order valence-electron chi connectivity index (χ3n) is 2.45. The number of hydrogen-bond acceptors (Lipinski definition) is 3. The summed E-state index contributed by atoms with van der Waals surface area (Å²) in [6, 6.07) is 7.94. The minimum absolute atomic E-state index is 0.106. The molecular weight excluding hydrogens is 178 g/mol. The maximum absolute atomic E-state index is 5.65. The molecule has 74 valence electrons. The van der Waals surface area contributed by atoms with Gasteiger partial charge in [0.25, 0.3) is 0 Å². The molecule has 0 spiro atoms. The van der Waals surface area contributed by atoms with E-state index in [0.29, 0.717) is 12.4 Å². The molecule has 14 heavy (non-hydrogen) atoms. The number of nitrogens with two attached hydrogens (primary N) is 2. The lowest BCUT2D eigenvalue weighted by Crippen LogP contribution is -2.34. The Kier molecular flexibility index (Phi) is 2.26. The van der Waals surface area contributed by atoms with Crippen molar-refractivity contribution in [2.45, 2.75) is 6.42 Å². The van der Waals surface area contributed by atoms with Crippen LogP contribution in [0.3, 0.4) is 0 Å². The molecule has 0 amide bonds. The number of ether oxygens (including phenoxy) is 1. The zero-order valence-corrected chi connectivity index (χ0v) is 7.81. The van der Waals surface area contributed by atoms with Crippen LogP contribution in [0.2, 0.25) is 0 Å². The first kappa shape index (κ1) is 8.87. The van der Waals surface area contributed by atoms with Gasteiger partial charge in [-0.25, -0.2) is 0 Å². The summed E-state index contributed by atoms with van der Waals surface area (Å²) in [5.41, 5.74) is 6.81. The van der Waals surface area contributed by atoms with Crippen molar-refractivity contribution in [1.29, 1.82) is 0 Å². The van der Waals surface area contributed by atoms with Crippen molar-refractivity contribution in [2.24, 2.45) is 22.6 Å². The van der Waals surface area contributed by atoms with Crippen molar-refractivity contribution < 1.29 is 4.74 Å². The van der Waals surface area contributed by atoms with Gasteiger partial charge in [-0.05, 0) is 18.1 Å². The van der Waals surface area contributed by atoms with E-state index in [1.165, 1.54) is 0 Å². The zero-order valence-electron chi connectivity index (χ0n) is 7.81. The van der Waals surface area contributed by atoms with Crippen LogP contribution >= 0.6 is 0 Å². The van der Waals surface area contributed by atoms with Crippen molar-refractivity contribution in [2.75, 3.05) is 6.61 Å². The van der Waals surface area contributed by atoms with Gasteiger partial charge in [0.05, 0.1) is 12.5 Å². The van der Waals surface area contributed by atoms with Crippen LogP contribution < -0.4 is 16.3 Å². The molecule has 0 bridgehead atoms. The highest BCUT2D eigenvalue weighted by Crippen LogP contribution is 2.26. The van der Waals surface area contributed by atoms with E-state index >= 15 is 0 Å². The van der Waals surface area contributed by atoms with Crippen LogP contribution in [0.1, 0.15) is 5.56 Å². The Morgan fingerprint density at radius 1 is 1.43 bits per heavy atom. The highest BCUT2D eigenvalue weighted by molar-refractivity contribution is 5.83. The number of para-hydroxylation sites is 1. The summed E-state index contributed by atoms with van der Waals surface area (Å²) in [6.07, 6.45) is 0.850. The van der Waals surface area contributed by atoms with Gasteiger partial charge in [0.15, 0.2) is 0 Å². The second-order valence-corrected chi connectivity index (χ2v) is 3.37. The molecule has 0 fully saturated rings. The number of nitrogens with zero attached hydrogens (tertiary/aromatic N) is 1. The maximum Gasteiger partial charge on any atom is 0.126 e. The molecule has 1 aromatic carbocycles. The Bertz CT molecular complexity index is 362. The van der Waals surface area contributed by atoms with E-state index in [1.54, 1.807) is 0 Å². The minimum atomic E-state index is 0.106. The SMILES string of the molecule is N/N=C(/N)C1COc2ccccc2C1. The summed E-state index contributed by atoms with van der Waals surface area (Å²) in [5.74, 6) is 6.63. The van der Waals surface area contributed by atoms with Gasteiger partial charge in [-0.1, -0.05) is 18.2 Å². The summed E-state index contributed by atoms with van der Waals surface area (Å²) in [7, 11) is 0. The summed E-state index contributed by atoms with van der Waals surface area (Å²) in [5, 5.41) is 3.50. The number of amidine groups is 1. The van der Waals surface area contributed by atoms with Gasteiger partial charge in [0.1, 0.15) is 11.6 Å². The predicted molar refractivity (Wildman–Crippen MR) is 54.9 cm³/mol. The van der Waals surface area contributed by atoms with Crippen LogP contribution in [0.5, 0.6) is 5.75 Å². The maximum atomic E-state index is 5.65. The topological polar surface area (TPSA) is 73.6 Å². The molecule has 1 aliphatic rings. The standard InChI is InChI=1S/C10H13N3O/c11-10(13-12)8-5-7-3-1-2-4-9(7)14-6-8/h1-4,8H,5-6,12H2,(H2,11,13). The van der Waals surface area contributed by atoms with Crippen LogP contribution in [-0.4, -0.2) is 12.4 Å². The minimum Gasteiger partial charge on any atom is -0.493 e. The zero-order chi connectivity index (χ0) is 9.97. The number of hydrogen-bond donors (Lipinski definition) is 2. The Labute approximate surface area is 82.5 Å². The third kappa shape index (κ3) is 1.51. The largest absolute Gasteiger partial charge is 0.493 e. The molecule has 1 unspecified atom stereocenters. The van der Waals surface area contributed by atoms with E-state index in [-0.39, 0.29) is 5.92 Å². The summed E-state index contributed by atoms with van der Waals surface area (Å²) in [6.45, 7) is 0.559.